The number of hydrogen-bond donors (Lipinski definition) is 1. The molecule has 2 rings (SSSR count). The molecule has 0 saturated heterocycles. The maximum atomic E-state index is 5.77. The summed E-state index contributed by atoms with van der Waals surface area (Å²) in [7, 11) is 1.88. The zero-order chi connectivity index (χ0) is 12.3. The van der Waals surface area contributed by atoms with Gasteiger partial charge in [-0.15, -0.1) is 0 Å². The molecule has 0 spiro atoms. The molecule has 0 radical (unpaired) electrons. The second-order valence-electron chi connectivity index (χ2n) is 3.68. The molecule has 5 nitrogen and oxygen atoms in total. The SMILES string of the molecule is CCn1ncnc1CC(NC)c1ccc(Cl)o1. The van der Waals surface area contributed by atoms with E-state index in [1.54, 1.807) is 12.4 Å². The summed E-state index contributed by atoms with van der Waals surface area (Å²) in [5.74, 6) is 1.74. The molecule has 2 aromatic rings. The zero-order valence-corrected chi connectivity index (χ0v) is 10.6. The van der Waals surface area contributed by atoms with Crippen molar-refractivity contribution in [3.05, 3.63) is 35.3 Å². The molecule has 1 N–H and O–H groups in total. The summed E-state index contributed by atoms with van der Waals surface area (Å²) >= 11 is 5.77. The molecule has 0 saturated carbocycles. The number of aromatic nitrogens is 3. The third-order valence-corrected chi connectivity index (χ3v) is 2.87. The maximum absolute atomic E-state index is 5.77. The first-order chi connectivity index (χ1) is 8.24. The molecule has 0 aliphatic carbocycles. The highest BCUT2D eigenvalue weighted by Crippen LogP contribution is 2.22. The number of furan rings is 1. The van der Waals surface area contributed by atoms with Crippen LogP contribution in [0.5, 0.6) is 0 Å². The molecule has 0 aliphatic heterocycles. The lowest BCUT2D eigenvalue weighted by molar-refractivity contribution is 0.419. The lowest BCUT2D eigenvalue weighted by atomic mass is 10.1. The molecule has 2 aromatic heterocycles. The highest BCUT2D eigenvalue weighted by atomic mass is 35.5. The summed E-state index contributed by atoms with van der Waals surface area (Å²) in [5.41, 5.74) is 0. The van der Waals surface area contributed by atoms with Crippen molar-refractivity contribution < 1.29 is 4.42 Å². The largest absolute Gasteiger partial charge is 0.448 e. The number of nitrogens with one attached hydrogen (secondary N) is 1. The molecule has 1 unspecified atom stereocenters. The molecule has 0 aliphatic rings. The summed E-state index contributed by atoms with van der Waals surface area (Å²) in [4.78, 5) is 4.24. The Bertz CT molecular complexity index is 479. The summed E-state index contributed by atoms with van der Waals surface area (Å²) in [6.45, 7) is 2.85. The lowest BCUT2D eigenvalue weighted by Gasteiger charge is -2.13. The maximum Gasteiger partial charge on any atom is 0.193 e. The number of halogens is 1. The number of nitrogens with zero attached hydrogens (tertiary/aromatic N) is 3. The summed E-state index contributed by atoms with van der Waals surface area (Å²) in [6.07, 6.45) is 2.29. The second kappa shape index (κ2) is 5.33. The Morgan fingerprint density at radius 1 is 1.53 bits per heavy atom. The number of rotatable bonds is 5. The van der Waals surface area contributed by atoms with Crippen molar-refractivity contribution >= 4 is 11.6 Å². The van der Waals surface area contributed by atoms with E-state index in [2.05, 4.69) is 15.4 Å². The van der Waals surface area contributed by atoms with Gasteiger partial charge in [-0.1, -0.05) is 0 Å². The summed E-state index contributed by atoms with van der Waals surface area (Å²) in [5, 5.41) is 7.73. The van der Waals surface area contributed by atoms with Gasteiger partial charge in [0.15, 0.2) is 5.22 Å². The van der Waals surface area contributed by atoms with Gasteiger partial charge in [-0.05, 0) is 37.7 Å². The topological polar surface area (TPSA) is 55.9 Å². The van der Waals surface area contributed by atoms with E-state index in [9.17, 15) is 0 Å². The van der Waals surface area contributed by atoms with Crippen LogP contribution in [0.2, 0.25) is 5.22 Å². The number of hydrogen-bond acceptors (Lipinski definition) is 4. The third kappa shape index (κ3) is 2.68. The van der Waals surface area contributed by atoms with Crippen LogP contribution in [0.1, 0.15) is 24.6 Å². The molecule has 0 amide bonds. The monoisotopic (exact) mass is 254 g/mol. The first-order valence-electron chi connectivity index (χ1n) is 5.53. The Labute approximate surface area is 105 Å². The van der Waals surface area contributed by atoms with E-state index in [-0.39, 0.29) is 6.04 Å². The molecule has 2 heterocycles. The van der Waals surface area contributed by atoms with Crippen LogP contribution in [-0.4, -0.2) is 21.8 Å². The minimum atomic E-state index is 0.0528. The molecular formula is C11H15ClN4O. The standard InChI is InChI=1S/C11H15ClN4O/c1-3-16-11(14-7-15-16)6-8(13-2)9-4-5-10(12)17-9/h4-5,7-8,13H,3,6H2,1-2H3. The fourth-order valence-electron chi connectivity index (χ4n) is 1.75. The van der Waals surface area contributed by atoms with Crippen molar-refractivity contribution in [3.63, 3.8) is 0 Å². The summed E-state index contributed by atoms with van der Waals surface area (Å²) in [6, 6.07) is 3.67. The van der Waals surface area contributed by atoms with Gasteiger partial charge in [-0.2, -0.15) is 5.10 Å². The Balaban J connectivity index is 2.15. The zero-order valence-electron chi connectivity index (χ0n) is 9.85. The van der Waals surface area contributed by atoms with Crippen LogP contribution in [0.3, 0.4) is 0 Å². The molecule has 92 valence electrons. The fraction of sp³-hybridized carbons (Fsp3) is 0.455. The molecular weight excluding hydrogens is 240 g/mol. The van der Waals surface area contributed by atoms with Gasteiger partial charge < -0.3 is 9.73 Å². The predicted octanol–water partition coefficient (Wildman–Crippen LogP) is 2.05. The lowest BCUT2D eigenvalue weighted by Crippen LogP contribution is -2.20. The Kier molecular flexibility index (Phi) is 3.81. The highest BCUT2D eigenvalue weighted by molar-refractivity contribution is 6.28. The van der Waals surface area contributed by atoms with Crippen LogP contribution in [0.4, 0.5) is 0 Å². The van der Waals surface area contributed by atoms with Crippen LogP contribution in [0.25, 0.3) is 0 Å². The van der Waals surface area contributed by atoms with Crippen molar-refractivity contribution in [2.75, 3.05) is 7.05 Å². The van der Waals surface area contributed by atoms with Gasteiger partial charge in [0.1, 0.15) is 17.9 Å². The smallest absolute Gasteiger partial charge is 0.193 e. The van der Waals surface area contributed by atoms with Crippen molar-refractivity contribution in [2.24, 2.45) is 0 Å². The van der Waals surface area contributed by atoms with E-state index in [0.717, 1.165) is 18.1 Å². The van der Waals surface area contributed by atoms with Crippen LogP contribution < -0.4 is 5.32 Å². The number of likely N-dealkylation sites (N-methyl/N-ethyl adjacent to an activating group) is 1. The Morgan fingerprint density at radius 3 is 2.94 bits per heavy atom. The first-order valence-corrected chi connectivity index (χ1v) is 5.91. The van der Waals surface area contributed by atoms with Gasteiger partial charge in [0.2, 0.25) is 0 Å². The second-order valence-corrected chi connectivity index (χ2v) is 4.05. The van der Waals surface area contributed by atoms with Crippen LogP contribution in [0.15, 0.2) is 22.9 Å². The summed E-state index contributed by atoms with van der Waals surface area (Å²) < 4.78 is 7.27. The average Bonchev–Trinajstić information content (AvgIpc) is 2.94. The van der Waals surface area contributed by atoms with Crippen molar-refractivity contribution in [3.8, 4) is 0 Å². The Morgan fingerprint density at radius 2 is 2.35 bits per heavy atom. The molecule has 0 bridgehead atoms. The quantitative estimate of drug-likeness (QED) is 0.887. The predicted molar refractivity (Wildman–Crippen MR) is 64.9 cm³/mol. The van der Waals surface area contributed by atoms with E-state index < -0.39 is 0 Å². The highest BCUT2D eigenvalue weighted by Gasteiger charge is 2.17. The number of aryl methyl sites for hydroxylation is 1. The fourth-order valence-corrected chi connectivity index (χ4v) is 1.91. The average molecular weight is 255 g/mol. The normalized spacial score (nSPS) is 12.9. The van der Waals surface area contributed by atoms with Gasteiger partial charge >= 0.3 is 0 Å². The third-order valence-electron chi connectivity index (χ3n) is 2.67. The van der Waals surface area contributed by atoms with E-state index in [1.807, 2.05) is 24.7 Å². The minimum absolute atomic E-state index is 0.0528. The van der Waals surface area contributed by atoms with Gasteiger partial charge in [-0.3, -0.25) is 4.68 Å². The molecule has 17 heavy (non-hydrogen) atoms. The molecule has 6 heteroatoms. The van der Waals surface area contributed by atoms with Gasteiger partial charge in [0.25, 0.3) is 0 Å². The van der Waals surface area contributed by atoms with Crippen molar-refractivity contribution in [1.82, 2.24) is 20.1 Å². The van der Waals surface area contributed by atoms with Gasteiger partial charge in [-0.25, -0.2) is 4.98 Å². The van der Waals surface area contributed by atoms with Gasteiger partial charge in [0.05, 0.1) is 6.04 Å². The van der Waals surface area contributed by atoms with Gasteiger partial charge in [0, 0.05) is 13.0 Å². The van der Waals surface area contributed by atoms with E-state index in [1.165, 1.54) is 0 Å². The van der Waals surface area contributed by atoms with Crippen LogP contribution in [-0.2, 0) is 13.0 Å². The molecule has 0 aromatic carbocycles. The van der Waals surface area contributed by atoms with Crippen LogP contribution >= 0.6 is 11.6 Å². The van der Waals surface area contributed by atoms with E-state index >= 15 is 0 Å². The van der Waals surface area contributed by atoms with E-state index in [4.69, 9.17) is 16.0 Å². The first kappa shape index (κ1) is 12.1. The van der Waals surface area contributed by atoms with Crippen molar-refractivity contribution in [2.45, 2.75) is 25.9 Å². The molecule has 1 atom stereocenters. The molecule has 0 fully saturated rings. The Hall–Kier alpha value is -1.33. The van der Waals surface area contributed by atoms with E-state index in [0.29, 0.717) is 11.6 Å². The minimum Gasteiger partial charge on any atom is -0.448 e. The van der Waals surface area contributed by atoms with Crippen LogP contribution in [0, 0.1) is 0 Å². The van der Waals surface area contributed by atoms with Crippen molar-refractivity contribution in [1.29, 1.82) is 0 Å².